The molecule has 1 aromatic rings. The van der Waals surface area contributed by atoms with Crippen LogP contribution in [0, 0.1) is 13.8 Å². The zero-order valence-electron chi connectivity index (χ0n) is 13.8. The number of carbonyl (C=O) groups excluding carboxylic acids is 1. The highest BCUT2D eigenvalue weighted by atomic mass is 16.2. The quantitative estimate of drug-likeness (QED) is 0.922. The number of likely N-dealkylation sites (tertiary alicyclic amines) is 1. The molecule has 21 heavy (non-hydrogen) atoms. The number of aromatic nitrogens is 2. The van der Waals surface area contributed by atoms with Gasteiger partial charge in [-0.2, -0.15) is 5.10 Å². The number of nitrogens with zero attached hydrogens (tertiary/aromatic N) is 3. The summed E-state index contributed by atoms with van der Waals surface area (Å²) in [6, 6.07) is 0.612. The van der Waals surface area contributed by atoms with E-state index in [9.17, 15) is 4.79 Å². The van der Waals surface area contributed by atoms with Crippen LogP contribution in [0.25, 0.3) is 0 Å². The SMILES string of the molecule is Cc1n[nH]c(C)c1CCC(=O)N1CCC[C@@H](N(C)C)CC1. The summed E-state index contributed by atoms with van der Waals surface area (Å²) in [7, 11) is 4.26. The molecule has 1 amide bonds. The summed E-state index contributed by atoms with van der Waals surface area (Å²) < 4.78 is 0. The fourth-order valence-electron chi connectivity index (χ4n) is 3.18. The Hall–Kier alpha value is -1.36. The van der Waals surface area contributed by atoms with Crippen molar-refractivity contribution in [3.63, 3.8) is 0 Å². The molecular weight excluding hydrogens is 264 g/mol. The molecular formula is C16H28N4O. The molecule has 0 spiro atoms. The minimum absolute atomic E-state index is 0.286. The van der Waals surface area contributed by atoms with Gasteiger partial charge in [-0.15, -0.1) is 0 Å². The molecule has 0 radical (unpaired) electrons. The van der Waals surface area contributed by atoms with Crippen LogP contribution < -0.4 is 0 Å². The third kappa shape index (κ3) is 4.06. The monoisotopic (exact) mass is 292 g/mol. The number of aryl methyl sites for hydroxylation is 2. The number of hydrogen-bond donors (Lipinski definition) is 1. The molecule has 1 aromatic heterocycles. The highest BCUT2D eigenvalue weighted by Crippen LogP contribution is 2.17. The molecule has 118 valence electrons. The number of hydrogen-bond acceptors (Lipinski definition) is 3. The fraction of sp³-hybridized carbons (Fsp3) is 0.750. The van der Waals surface area contributed by atoms with Crippen molar-refractivity contribution in [1.82, 2.24) is 20.0 Å². The number of nitrogens with one attached hydrogen (secondary N) is 1. The van der Waals surface area contributed by atoms with Crippen LogP contribution in [0.4, 0.5) is 0 Å². The van der Waals surface area contributed by atoms with Gasteiger partial charge in [0.25, 0.3) is 0 Å². The maximum Gasteiger partial charge on any atom is 0.222 e. The molecule has 0 saturated carbocycles. The van der Waals surface area contributed by atoms with E-state index in [1.54, 1.807) is 0 Å². The first-order valence-corrected chi connectivity index (χ1v) is 7.93. The average Bonchev–Trinajstić information content (AvgIpc) is 2.68. The summed E-state index contributed by atoms with van der Waals surface area (Å²) in [5, 5.41) is 7.18. The minimum Gasteiger partial charge on any atom is -0.343 e. The highest BCUT2D eigenvalue weighted by Gasteiger charge is 2.21. The lowest BCUT2D eigenvalue weighted by Gasteiger charge is -2.23. The van der Waals surface area contributed by atoms with Gasteiger partial charge in [0.2, 0.25) is 5.91 Å². The van der Waals surface area contributed by atoms with Gasteiger partial charge in [-0.25, -0.2) is 0 Å². The van der Waals surface area contributed by atoms with Crippen molar-refractivity contribution in [2.75, 3.05) is 27.2 Å². The standard InChI is InChI=1S/C16H28N4O/c1-12-15(13(2)18-17-12)7-8-16(21)20-10-5-6-14(9-11-20)19(3)4/h14H,5-11H2,1-4H3,(H,17,18)/t14-/m1/s1. The maximum atomic E-state index is 12.4. The predicted octanol–water partition coefficient (Wildman–Crippen LogP) is 1.90. The van der Waals surface area contributed by atoms with Crippen LogP contribution in [0.2, 0.25) is 0 Å². The summed E-state index contributed by atoms with van der Waals surface area (Å²) in [6.07, 6.45) is 4.77. The lowest BCUT2D eigenvalue weighted by Crippen LogP contribution is -2.34. The first kappa shape index (κ1) is 16.0. The first-order chi connectivity index (χ1) is 9.99. The lowest BCUT2D eigenvalue weighted by atomic mass is 10.1. The predicted molar refractivity (Wildman–Crippen MR) is 84.3 cm³/mol. The van der Waals surface area contributed by atoms with Crippen molar-refractivity contribution >= 4 is 5.91 Å². The van der Waals surface area contributed by atoms with E-state index >= 15 is 0 Å². The zero-order chi connectivity index (χ0) is 15.4. The van der Waals surface area contributed by atoms with E-state index in [2.05, 4.69) is 29.2 Å². The van der Waals surface area contributed by atoms with Gasteiger partial charge in [-0.05, 0) is 59.2 Å². The van der Waals surface area contributed by atoms with Crippen LogP contribution in [-0.4, -0.2) is 59.1 Å². The van der Waals surface area contributed by atoms with E-state index < -0.39 is 0 Å². The zero-order valence-corrected chi connectivity index (χ0v) is 13.8. The molecule has 1 atom stereocenters. The number of aromatic amines is 1. The van der Waals surface area contributed by atoms with Crippen LogP contribution in [-0.2, 0) is 11.2 Å². The van der Waals surface area contributed by atoms with E-state index in [-0.39, 0.29) is 5.91 Å². The second-order valence-electron chi connectivity index (χ2n) is 6.34. The second kappa shape index (κ2) is 7.07. The molecule has 0 unspecified atom stereocenters. The van der Waals surface area contributed by atoms with Gasteiger partial charge in [0.1, 0.15) is 0 Å². The van der Waals surface area contributed by atoms with E-state index in [1.807, 2.05) is 18.7 Å². The Balaban J connectivity index is 1.86. The van der Waals surface area contributed by atoms with E-state index in [1.165, 1.54) is 12.0 Å². The van der Waals surface area contributed by atoms with Crippen LogP contribution >= 0.6 is 0 Å². The van der Waals surface area contributed by atoms with Gasteiger partial charge in [-0.1, -0.05) is 0 Å². The number of carbonyl (C=O) groups is 1. The Bertz CT molecular complexity index is 461. The van der Waals surface area contributed by atoms with Crippen molar-refractivity contribution in [3.8, 4) is 0 Å². The second-order valence-corrected chi connectivity index (χ2v) is 6.34. The largest absolute Gasteiger partial charge is 0.343 e. The van der Waals surface area contributed by atoms with Crippen molar-refractivity contribution in [2.45, 2.75) is 52.0 Å². The molecule has 1 aliphatic heterocycles. The molecule has 1 N–H and O–H groups in total. The Morgan fingerprint density at radius 3 is 2.71 bits per heavy atom. The molecule has 0 bridgehead atoms. The Labute approximate surface area is 127 Å². The Kier molecular flexibility index (Phi) is 5.39. The van der Waals surface area contributed by atoms with E-state index in [0.29, 0.717) is 12.5 Å². The molecule has 5 heteroatoms. The van der Waals surface area contributed by atoms with Crippen molar-refractivity contribution in [1.29, 1.82) is 0 Å². The molecule has 2 rings (SSSR count). The van der Waals surface area contributed by atoms with E-state index in [0.717, 1.165) is 43.7 Å². The summed E-state index contributed by atoms with van der Waals surface area (Å²) in [5.74, 6) is 0.286. The third-order valence-electron chi connectivity index (χ3n) is 4.65. The molecule has 5 nitrogen and oxygen atoms in total. The molecule has 0 aliphatic carbocycles. The lowest BCUT2D eigenvalue weighted by molar-refractivity contribution is -0.131. The third-order valence-corrected chi connectivity index (χ3v) is 4.65. The minimum atomic E-state index is 0.286. The summed E-state index contributed by atoms with van der Waals surface area (Å²) in [6.45, 7) is 5.82. The molecule has 0 aromatic carbocycles. The topological polar surface area (TPSA) is 52.2 Å². The van der Waals surface area contributed by atoms with Crippen LogP contribution in [0.1, 0.15) is 42.6 Å². The van der Waals surface area contributed by atoms with Crippen molar-refractivity contribution in [3.05, 3.63) is 17.0 Å². The van der Waals surface area contributed by atoms with Crippen LogP contribution in [0.15, 0.2) is 0 Å². The molecule has 1 saturated heterocycles. The normalized spacial score (nSPS) is 19.9. The maximum absolute atomic E-state index is 12.4. The van der Waals surface area contributed by atoms with E-state index in [4.69, 9.17) is 0 Å². The summed E-state index contributed by atoms with van der Waals surface area (Å²) >= 11 is 0. The smallest absolute Gasteiger partial charge is 0.222 e. The number of H-pyrrole nitrogens is 1. The van der Waals surface area contributed by atoms with Gasteiger partial charge in [0.05, 0.1) is 5.69 Å². The van der Waals surface area contributed by atoms with Gasteiger partial charge in [0, 0.05) is 31.2 Å². The van der Waals surface area contributed by atoms with Gasteiger partial charge in [0.15, 0.2) is 0 Å². The van der Waals surface area contributed by atoms with Gasteiger partial charge >= 0.3 is 0 Å². The van der Waals surface area contributed by atoms with Crippen LogP contribution in [0.5, 0.6) is 0 Å². The fourth-order valence-corrected chi connectivity index (χ4v) is 3.18. The average molecular weight is 292 g/mol. The molecule has 1 aliphatic rings. The van der Waals surface area contributed by atoms with Gasteiger partial charge in [-0.3, -0.25) is 9.89 Å². The van der Waals surface area contributed by atoms with Crippen LogP contribution in [0.3, 0.4) is 0 Å². The Morgan fingerprint density at radius 2 is 2.10 bits per heavy atom. The van der Waals surface area contributed by atoms with Crippen molar-refractivity contribution in [2.24, 2.45) is 0 Å². The molecule has 2 heterocycles. The molecule has 1 fully saturated rings. The highest BCUT2D eigenvalue weighted by molar-refractivity contribution is 5.76. The summed E-state index contributed by atoms with van der Waals surface area (Å²) in [4.78, 5) is 16.8. The van der Waals surface area contributed by atoms with Crippen molar-refractivity contribution < 1.29 is 4.79 Å². The number of rotatable bonds is 4. The summed E-state index contributed by atoms with van der Waals surface area (Å²) in [5.41, 5.74) is 3.30. The first-order valence-electron chi connectivity index (χ1n) is 7.93. The Morgan fingerprint density at radius 1 is 1.33 bits per heavy atom. The van der Waals surface area contributed by atoms with Gasteiger partial charge < -0.3 is 9.80 Å². The number of amides is 1.